The predicted molar refractivity (Wildman–Crippen MR) is 118 cm³/mol. The minimum absolute atomic E-state index is 0.0411. The molecule has 1 heterocycles. The van der Waals surface area contributed by atoms with E-state index in [1.165, 1.54) is 0 Å². The molecule has 0 aliphatic carbocycles. The summed E-state index contributed by atoms with van der Waals surface area (Å²) in [4.78, 5) is 27.1. The van der Waals surface area contributed by atoms with Crippen LogP contribution in [-0.4, -0.2) is 72.9 Å². The van der Waals surface area contributed by atoms with Crippen molar-refractivity contribution in [1.29, 1.82) is 0 Å². The first-order chi connectivity index (χ1) is 14.3. The number of hydrogen-bond acceptors (Lipinski definition) is 6. The van der Waals surface area contributed by atoms with Gasteiger partial charge in [0.2, 0.25) is 12.3 Å². The van der Waals surface area contributed by atoms with E-state index in [4.69, 9.17) is 15.2 Å². The Bertz CT molecular complexity index is 568. The Labute approximate surface area is 180 Å². The molecule has 1 rings (SSSR count). The molecular weight excluding hydrogens is 388 g/mol. The van der Waals surface area contributed by atoms with Crippen LogP contribution >= 0.6 is 0 Å². The van der Waals surface area contributed by atoms with E-state index in [0.29, 0.717) is 44.4 Å². The van der Waals surface area contributed by atoms with Crippen LogP contribution < -0.4 is 11.1 Å². The average Bonchev–Trinajstić information content (AvgIpc) is 3.05. The third kappa shape index (κ3) is 9.23. The fourth-order valence-electron chi connectivity index (χ4n) is 3.03. The lowest BCUT2D eigenvalue weighted by atomic mass is 10.1. The molecule has 174 valence electrons. The van der Waals surface area contributed by atoms with E-state index in [9.17, 15) is 14.7 Å². The van der Waals surface area contributed by atoms with E-state index >= 15 is 0 Å². The fourth-order valence-corrected chi connectivity index (χ4v) is 3.03. The summed E-state index contributed by atoms with van der Waals surface area (Å²) in [6.45, 7) is 10.6. The Balaban J connectivity index is 0.00000407. The number of carbonyl (C=O) groups is 2. The van der Waals surface area contributed by atoms with E-state index < -0.39 is 18.4 Å². The quantitative estimate of drug-likeness (QED) is 0.186. The number of ether oxygens (including phenoxy) is 2. The molecule has 0 saturated carbocycles. The molecule has 9 heteroatoms. The minimum Gasteiger partial charge on any atom is -0.386 e. The van der Waals surface area contributed by atoms with Gasteiger partial charge in [-0.15, -0.1) is 0 Å². The van der Waals surface area contributed by atoms with Gasteiger partial charge in [0.1, 0.15) is 18.0 Å². The first-order valence-corrected chi connectivity index (χ1v) is 10.7. The zero-order valence-corrected chi connectivity index (χ0v) is 19.3. The molecule has 4 unspecified atom stereocenters. The van der Waals surface area contributed by atoms with Gasteiger partial charge in [-0.05, 0) is 26.2 Å². The maximum absolute atomic E-state index is 11.4. The van der Waals surface area contributed by atoms with Gasteiger partial charge >= 0.3 is 0 Å². The van der Waals surface area contributed by atoms with Gasteiger partial charge in [0.25, 0.3) is 0 Å². The summed E-state index contributed by atoms with van der Waals surface area (Å²) in [6, 6.07) is 0. The number of carbonyl (C=O) groups excluding carboxylic acids is 2. The summed E-state index contributed by atoms with van der Waals surface area (Å²) < 4.78 is 11.8. The molecule has 2 amide bonds. The largest absolute Gasteiger partial charge is 0.386 e. The highest BCUT2D eigenvalue weighted by Crippen LogP contribution is 2.28. The molecule has 4 N–H and O–H groups in total. The molecule has 0 aromatic carbocycles. The summed E-state index contributed by atoms with van der Waals surface area (Å²) in [5.41, 5.74) is 6.28. The second-order valence-electron chi connectivity index (χ2n) is 6.85. The molecule has 0 spiro atoms. The smallest absolute Gasteiger partial charge is 0.234 e. The van der Waals surface area contributed by atoms with Gasteiger partial charge in [-0.3, -0.25) is 9.59 Å². The molecule has 9 nitrogen and oxygen atoms in total. The van der Waals surface area contributed by atoms with Crippen LogP contribution in [0.25, 0.3) is 0 Å². The molecule has 1 saturated heterocycles. The van der Waals surface area contributed by atoms with Gasteiger partial charge in [-0.25, -0.2) is 0 Å². The topological polar surface area (TPSA) is 126 Å². The van der Waals surface area contributed by atoms with Crippen LogP contribution in [0.1, 0.15) is 60.3 Å². The van der Waals surface area contributed by atoms with Crippen molar-refractivity contribution in [2.75, 3.05) is 20.2 Å². The van der Waals surface area contributed by atoms with E-state index in [2.05, 4.69) is 10.3 Å². The lowest BCUT2D eigenvalue weighted by molar-refractivity contribution is -0.121. The van der Waals surface area contributed by atoms with Gasteiger partial charge in [0, 0.05) is 38.4 Å². The van der Waals surface area contributed by atoms with Crippen molar-refractivity contribution in [3.8, 4) is 0 Å². The van der Waals surface area contributed by atoms with Crippen LogP contribution in [0.2, 0.25) is 0 Å². The molecule has 1 aliphatic rings. The van der Waals surface area contributed by atoms with Crippen LogP contribution in [-0.2, 0) is 19.1 Å². The maximum Gasteiger partial charge on any atom is 0.234 e. The number of aliphatic hydroxyl groups excluding tert-OH is 1. The highest BCUT2D eigenvalue weighted by molar-refractivity contribution is 5.99. The van der Waals surface area contributed by atoms with Gasteiger partial charge in [0.05, 0.1) is 6.10 Å². The van der Waals surface area contributed by atoms with E-state index in [-0.39, 0.29) is 17.8 Å². The number of amides is 2. The van der Waals surface area contributed by atoms with E-state index in [1.54, 1.807) is 25.1 Å². The number of amidine groups is 1. The number of nitrogens with two attached hydrogens (primary N) is 1. The van der Waals surface area contributed by atoms with Crippen LogP contribution in [0.3, 0.4) is 0 Å². The van der Waals surface area contributed by atoms with Gasteiger partial charge in [-0.2, -0.15) is 4.99 Å². The van der Waals surface area contributed by atoms with Gasteiger partial charge < -0.3 is 30.5 Å². The van der Waals surface area contributed by atoms with Crippen molar-refractivity contribution < 1.29 is 24.2 Å². The first-order valence-electron chi connectivity index (χ1n) is 10.7. The maximum atomic E-state index is 11.4. The monoisotopic (exact) mass is 428 g/mol. The predicted octanol–water partition coefficient (Wildman–Crippen LogP) is 1.55. The Morgan fingerprint density at radius 1 is 1.37 bits per heavy atom. The van der Waals surface area contributed by atoms with Crippen LogP contribution in [0.5, 0.6) is 0 Å². The number of nitrogens with zero attached hydrogens (tertiary/aromatic N) is 2. The van der Waals surface area contributed by atoms with Crippen molar-refractivity contribution in [3.63, 3.8) is 0 Å². The van der Waals surface area contributed by atoms with Crippen LogP contribution in [0, 0.1) is 0 Å². The second kappa shape index (κ2) is 15.8. The van der Waals surface area contributed by atoms with E-state index in [1.807, 2.05) is 27.7 Å². The lowest BCUT2D eigenvalue weighted by Gasteiger charge is -2.26. The highest BCUT2D eigenvalue weighted by atomic mass is 16.6. The molecule has 0 aromatic rings. The fraction of sp³-hybridized carbons (Fsp3) is 0.762. The lowest BCUT2D eigenvalue weighted by Crippen LogP contribution is -2.41. The van der Waals surface area contributed by atoms with Crippen molar-refractivity contribution in [2.24, 2.45) is 10.7 Å². The van der Waals surface area contributed by atoms with Crippen LogP contribution in [0.15, 0.2) is 16.8 Å². The summed E-state index contributed by atoms with van der Waals surface area (Å²) >= 11 is 0. The number of aliphatic hydroxyl groups is 1. The van der Waals surface area contributed by atoms with Crippen molar-refractivity contribution in [2.45, 2.75) is 84.8 Å². The first kappa shape index (κ1) is 28.0. The molecule has 30 heavy (non-hydrogen) atoms. The molecule has 1 fully saturated rings. The minimum atomic E-state index is -0.849. The van der Waals surface area contributed by atoms with Gasteiger partial charge in [0.15, 0.2) is 6.23 Å². The number of hydrogen-bond donors (Lipinski definition) is 3. The summed E-state index contributed by atoms with van der Waals surface area (Å²) in [5.74, 6) is 0.152. The Kier molecular flexibility index (Phi) is 14.8. The van der Waals surface area contributed by atoms with Crippen LogP contribution in [0.4, 0.5) is 0 Å². The summed E-state index contributed by atoms with van der Waals surface area (Å²) in [5, 5.41) is 13.5. The van der Waals surface area contributed by atoms with Gasteiger partial charge in [-0.1, -0.05) is 27.7 Å². The third-order valence-corrected chi connectivity index (χ3v) is 4.54. The third-order valence-electron chi connectivity index (χ3n) is 4.54. The molecule has 0 aromatic heterocycles. The standard InChI is InChI=1S/C19H34N4O5.C2H6/c1-5-8-15(25)21-9-7-10-27-17-14(6-2)28-19(16(17)26)23(4)11-13(3)18(20)22-12-24;1-2/h11-12,14,16-17,19,26H,5-10H2,1-4H3,(H,21,25)(H2,20,22,24);1-2H3/b13-11-;. The highest BCUT2D eigenvalue weighted by Gasteiger charge is 2.45. The van der Waals surface area contributed by atoms with Crippen molar-refractivity contribution >= 4 is 18.2 Å². The molecule has 4 atom stereocenters. The molecular formula is C21H40N4O5. The molecule has 0 radical (unpaired) electrons. The van der Waals surface area contributed by atoms with E-state index in [0.717, 1.165) is 6.42 Å². The van der Waals surface area contributed by atoms with Crippen molar-refractivity contribution in [3.05, 3.63) is 11.8 Å². The SMILES string of the molecule is CC.CCCC(=O)NCCCOC1C(CC)OC(N(C)/C=C(/C)C(N)=NC=O)C1O. The van der Waals surface area contributed by atoms with Crippen molar-refractivity contribution in [1.82, 2.24) is 10.2 Å². The summed E-state index contributed by atoms with van der Waals surface area (Å²) in [6.07, 6.45) is 2.60. The molecule has 1 aliphatic heterocycles. The number of likely N-dealkylation sites (N-methyl/N-ethyl adjacent to an activating group) is 1. The Hall–Kier alpha value is -1.97. The normalized spacial score (nSPS) is 24.1. The Morgan fingerprint density at radius 2 is 2.03 bits per heavy atom. The average molecular weight is 429 g/mol. The second-order valence-corrected chi connectivity index (χ2v) is 6.85. The zero-order chi connectivity index (χ0) is 23.1. The Morgan fingerprint density at radius 3 is 2.60 bits per heavy atom. The zero-order valence-electron chi connectivity index (χ0n) is 19.3. The molecule has 0 bridgehead atoms. The number of nitrogens with one attached hydrogen (secondary N) is 1. The summed E-state index contributed by atoms with van der Waals surface area (Å²) in [7, 11) is 1.75. The number of aliphatic imine (C=N–C) groups is 1. The number of rotatable bonds is 12.